The number of rotatable bonds is 6. The molecule has 0 radical (unpaired) electrons. The first kappa shape index (κ1) is 22.1. The summed E-state index contributed by atoms with van der Waals surface area (Å²) in [4.78, 5) is 26.9. The molecule has 31 heavy (non-hydrogen) atoms. The highest BCUT2D eigenvalue weighted by Gasteiger charge is 2.29. The molecule has 2 aromatic heterocycles. The number of nitrogens with zero attached hydrogens (tertiary/aromatic N) is 3. The molecule has 1 saturated heterocycles. The van der Waals surface area contributed by atoms with Crippen molar-refractivity contribution >= 4 is 63.2 Å². The van der Waals surface area contributed by atoms with Crippen LogP contribution in [0.1, 0.15) is 28.8 Å². The van der Waals surface area contributed by atoms with Crippen LogP contribution in [0.4, 0.5) is 5.13 Å². The maximum atomic E-state index is 12.7. The fraction of sp³-hybridized carbons (Fsp3) is 0.300. The van der Waals surface area contributed by atoms with E-state index in [-0.39, 0.29) is 17.7 Å². The average Bonchev–Trinajstić information content (AvgIpc) is 3.45. The molecule has 0 spiro atoms. The predicted molar refractivity (Wildman–Crippen MR) is 122 cm³/mol. The molecule has 1 aliphatic rings. The first-order chi connectivity index (χ1) is 15.0. The van der Waals surface area contributed by atoms with Crippen LogP contribution in [0.25, 0.3) is 0 Å². The number of anilines is 1. The molecule has 3 heterocycles. The van der Waals surface area contributed by atoms with E-state index in [0.717, 1.165) is 12.0 Å². The van der Waals surface area contributed by atoms with Gasteiger partial charge in [0, 0.05) is 28.9 Å². The van der Waals surface area contributed by atoms with Gasteiger partial charge in [-0.2, -0.15) is 0 Å². The Morgan fingerprint density at radius 2 is 2.06 bits per heavy atom. The van der Waals surface area contributed by atoms with Crippen LogP contribution < -0.4 is 5.32 Å². The summed E-state index contributed by atoms with van der Waals surface area (Å²) >= 11 is 15.1. The maximum Gasteiger partial charge on any atom is 0.257 e. The Hall–Kier alpha value is -2.07. The van der Waals surface area contributed by atoms with Gasteiger partial charge in [-0.25, -0.2) is 0 Å². The van der Waals surface area contributed by atoms with Crippen molar-refractivity contribution in [2.45, 2.75) is 22.9 Å². The lowest BCUT2D eigenvalue weighted by atomic mass is 9.97. The Morgan fingerprint density at radius 3 is 2.81 bits per heavy atom. The van der Waals surface area contributed by atoms with E-state index in [1.807, 2.05) is 0 Å². The fourth-order valence-corrected chi connectivity index (χ4v) is 5.77. The van der Waals surface area contributed by atoms with E-state index < -0.39 is 0 Å². The summed E-state index contributed by atoms with van der Waals surface area (Å²) in [7, 11) is 0. The smallest absolute Gasteiger partial charge is 0.257 e. The van der Waals surface area contributed by atoms with Crippen molar-refractivity contribution < 1.29 is 14.0 Å². The Bertz CT molecular complexity index is 1050. The topological polar surface area (TPSA) is 88.3 Å². The van der Waals surface area contributed by atoms with E-state index in [0.29, 0.717) is 50.3 Å². The van der Waals surface area contributed by atoms with Crippen LogP contribution in [0.2, 0.25) is 10.0 Å². The van der Waals surface area contributed by atoms with E-state index in [9.17, 15) is 9.59 Å². The SMILES string of the molecule is O=C(Nc1nnc(SCc2c(Cl)cccc2Cl)s1)[C@H]1CCCN(C(=O)c2ccoc2)C1. The molecule has 1 fully saturated rings. The summed E-state index contributed by atoms with van der Waals surface area (Å²) in [6, 6.07) is 7.01. The van der Waals surface area contributed by atoms with Crippen molar-refractivity contribution in [3.05, 3.63) is 58.0 Å². The monoisotopic (exact) mass is 496 g/mol. The minimum Gasteiger partial charge on any atom is -0.472 e. The van der Waals surface area contributed by atoms with Crippen LogP contribution in [0.3, 0.4) is 0 Å². The quantitative estimate of drug-likeness (QED) is 0.371. The van der Waals surface area contributed by atoms with Crippen molar-refractivity contribution in [3.8, 4) is 0 Å². The minimum atomic E-state index is -0.300. The van der Waals surface area contributed by atoms with Gasteiger partial charge in [0.1, 0.15) is 6.26 Å². The van der Waals surface area contributed by atoms with Gasteiger partial charge in [-0.3, -0.25) is 9.59 Å². The van der Waals surface area contributed by atoms with Gasteiger partial charge < -0.3 is 14.6 Å². The maximum absolute atomic E-state index is 12.7. The lowest BCUT2D eigenvalue weighted by Crippen LogP contribution is -2.43. The van der Waals surface area contributed by atoms with Crippen molar-refractivity contribution in [2.24, 2.45) is 5.92 Å². The van der Waals surface area contributed by atoms with Gasteiger partial charge in [-0.1, -0.05) is 52.4 Å². The number of piperidine rings is 1. The molecule has 11 heteroatoms. The van der Waals surface area contributed by atoms with Gasteiger partial charge >= 0.3 is 0 Å². The van der Waals surface area contributed by atoms with Crippen molar-refractivity contribution in [2.75, 3.05) is 18.4 Å². The zero-order valence-electron chi connectivity index (χ0n) is 16.2. The largest absolute Gasteiger partial charge is 0.472 e. The Labute approximate surface area is 197 Å². The lowest BCUT2D eigenvalue weighted by Gasteiger charge is -2.31. The molecule has 2 amide bonds. The van der Waals surface area contributed by atoms with Gasteiger partial charge in [0.25, 0.3) is 5.91 Å². The highest BCUT2D eigenvalue weighted by molar-refractivity contribution is 8.00. The van der Waals surface area contributed by atoms with Gasteiger partial charge in [0.05, 0.1) is 17.7 Å². The van der Waals surface area contributed by atoms with Gasteiger partial charge in [0.2, 0.25) is 11.0 Å². The van der Waals surface area contributed by atoms with Gasteiger partial charge in [0.15, 0.2) is 4.34 Å². The third-order valence-electron chi connectivity index (χ3n) is 4.89. The zero-order chi connectivity index (χ0) is 21.8. The number of thioether (sulfide) groups is 1. The first-order valence-electron chi connectivity index (χ1n) is 9.53. The van der Waals surface area contributed by atoms with E-state index in [4.69, 9.17) is 27.6 Å². The second-order valence-electron chi connectivity index (χ2n) is 6.95. The van der Waals surface area contributed by atoms with Crippen molar-refractivity contribution in [3.63, 3.8) is 0 Å². The molecule has 1 aromatic carbocycles. The molecule has 1 N–H and O–H groups in total. The second-order valence-corrected chi connectivity index (χ2v) is 9.97. The number of hydrogen-bond donors (Lipinski definition) is 1. The number of carbonyl (C=O) groups is 2. The van der Waals surface area contributed by atoms with Crippen molar-refractivity contribution in [1.29, 1.82) is 0 Å². The number of benzene rings is 1. The van der Waals surface area contributed by atoms with Crippen LogP contribution in [0, 0.1) is 5.92 Å². The molecule has 4 rings (SSSR count). The molecular formula is C20H18Cl2N4O3S2. The number of halogens is 2. The molecule has 3 aromatic rings. The summed E-state index contributed by atoms with van der Waals surface area (Å²) in [5, 5.41) is 12.6. The van der Waals surface area contributed by atoms with E-state index in [1.165, 1.54) is 35.6 Å². The molecule has 0 aliphatic carbocycles. The molecular weight excluding hydrogens is 479 g/mol. The summed E-state index contributed by atoms with van der Waals surface area (Å²) in [5.74, 6) is -0.0356. The van der Waals surface area contributed by atoms with E-state index in [2.05, 4.69) is 15.5 Å². The molecule has 0 saturated carbocycles. The number of furan rings is 1. The number of nitrogens with one attached hydrogen (secondary N) is 1. The molecule has 0 bridgehead atoms. The first-order valence-corrected chi connectivity index (χ1v) is 12.1. The number of hydrogen-bond acceptors (Lipinski definition) is 7. The van der Waals surface area contributed by atoms with Crippen LogP contribution >= 0.6 is 46.3 Å². The minimum absolute atomic E-state index is 0.126. The Morgan fingerprint density at radius 1 is 1.26 bits per heavy atom. The predicted octanol–water partition coefficient (Wildman–Crippen LogP) is 5.22. The van der Waals surface area contributed by atoms with E-state index in [1.54, 1.807) is 29.2 Å². The molecule has 1 atom stereocenters. The third-order valence-corrected chi connectivity index (χ3v) is 7.59. The Kier molecular flexibility index (Phi) is 7.16. The molecule has 162 valence electrons. The van der Waals surface area contributed by atoms with Crippen LogP contribution in [0.15, 0.2) is 45.5 Å². The zero-order valence-corrected chi connectivity index (χ0v) is 19.4. The summed E-state index contributed by atoms with van der Waals surface area (Å²) in [6.07, 6.45) is 4.36. The average molecular weight is 497 g/mol. The number of likely N-dealkylation sites (tertiary alicyclic amines) is 1. The highest BCUT2D eigenvalue weighted by Crippen LogP contribution is 2.34. The highest BCUT2D eigenvalue weighted by atomic mass is 35.5. The number of amides is 2. The van der Waals surface area contributed by atoms with Crippen LogP contribution in [-0.2, 0) is 10.5 Å². The molecule has 7 nitrogen and oxygen atoms in total. The molecule has 0 unspecified atom stereocenters. The van der Waals surface area contributed by atoms with Gasteiger partial charge in [-0.15, -0.1) is 10.2 Å². The van der Waals surface area contributed by atoms with E-state index >= 15 is 0 Å². The number of aromatic nitrogens is 2. The number of carbonyl (C=O) groups excluding carboxylic acids is 2. The van der Waals surface area contributed by atoms with Gasteiger partial charge in [-0.05, 0) is 36.6 Å². The fourth-order valence-electron chi connectivity index (χ4n) is 3.27. The second kappa shape index (κ2) is 10.0. The third kappa shape index (κ3) is 5.41. The normalized spacial score (nSPS) is 16.3. The van der Waals surface area contributed by atoms with Crippen molar-refractivity contribution in [1.82, 2.24) is 15.1 Å². The summed E-state index contributed by atoms with van der Waals surface area (Å²) in [6.45, 7) is 0.985. The standard InChI is InChI=1S/C20H18Cl2N4O3S2/c21-15-4-1-5-16(22)14(15)11-30-20-25-24-19(31-20)23-17(27)12-3-2-7-26(9-12)18(28)13-6-8-29-10-13/h1,4-6,8,10,12H,2-3,7,9,11H2,(H,23,24,27)/t12-/m0/s1. The Balaban J connectivity index is 1.33. The summed E-state index contributed by atoms with van der Waals surface area (Å²) in [5.41, 5.74) is 1.33. The summed E-state index contributed by atoms with van der Waals surface area (Å²) < 4.78 is 5.69. The molecule has 1 aliphatic heterocycles. The van der Waals surface area contributed by atoms with Crippen LogP contribution in [0.5, 0.6) is 0 Å². The lowest BCUT2D eigenvalue weighted by molar-refractivity contribution is -0.121. The van der Waals surface area contributed by atoms with Crippen LogP contribution in [-0.4, -0.2) is 40.0 Å².